The molecule has 5 rings (SSSR count). The first kappa shape index (κ1) is 27.4. The van der Waals surface area contributed by atoms with Gasteiger partial charge < -0.3 is 24.8 Å². The van der Waals surface area contributed by atoms with E-state index in [1.165, 1.54) is 47.9 Å². The molecule has 2 unspecified atom stereocenters. The summed E-state index contributed by atoms with van der Waals surface area (Å²) in [5.74, 6) is 2.62. The highest BCUT2D eigenvalue weighted by Gasteiger charge is 2.36. The molecule has 2 N–H and O–H groups in total. The summed E-state index contributed by atoms with van der Waals surface area (Å²) in [6, 6.07) is 21.1. The molecule has 0 aromatic heterocycles. The van der Waals surface area contributed by atoms with Crippen molar-refractivity contribution in [3.8, 4) is 17.2 Å². The van der Waals surface area contributed by atoms with E-state index in [2.05, 4.69) is 79.8 Å². The second kappa shape index (κ2) is 11.9. The zero-order valence-corrected chi connectivity index (χ0v) is 24.0. The summed E-state index contributed by atoms with van der Waals surface area (Å²) >= 11 is 0. The number of nitrogens with one attached hydrogen (secondary N) is 1. The number of aromatic hydroxyl groups is 1. The van der Waals surface area contributed by atoms with Crippen LogP contribution < -0.4 is 14.8 Å². The average Bonchev–Trinajstić information content (AvgIpc) is 3.43. The van der Waals surface area contributed by atoms with Gasteiger partial charge in [-0.15, -0.1) is 0 Å². The zero-order valence-electron chi connectivity index (χ0n) is 24.0. The van der Waals surface area contributed by atoms with Crippen LogP contribution >= 0.6 is 0 Å². The molecule has 2 aliphatic rings. The molecule has 0 radical (unpaired) electrons. The third-order valence-electron chi connectivity index (χ3n) is 8.98. The van der Waals surface area contributed by atoms with Crippen LogP contribution in [0.5, 0.6) is 17.2 Å². The summed E-state index contributed by atoms with van der Waals surface area (Å²) in [4.78, 5) is 2.35. The molecule has 2 aliphatic carbocycles. The first-order chi connectivity index (χ1) is 18.8. The lowest BCUT2D eigenvalue weighted by atomic mass is 9.79. The number of fused-ring (bicyclic) bond motifs is 1. The Bertz CT molecular complexity index is 1250. The number of phenolic OH excluding ortho intramolecular Hbond substituents is 1. The van der Waals surface area contributed by atoms with Gasteiger partial charge in [-0.25, -0.2) is 0 Å². The smallest absolute Gasteiger partial charge is 0.120 e. The Morgan fingerprint density at radius 3 is 2.44 bits per heavy atom. The number of benzene rings is 3. The maximum atomic E-state index is 9.88. The van der Waals surface area contributed by atoms with Crippen LogP contribution in [0.4, 0.5) is 5.69 Å². The highest BCUT2D eigenvalue weighted by Crippen LogP contribution is 2.39. The molecule has 1 saturated carbocycles. The summed E-state index contributed by atoms with van der Waals surface area (Å²) < 4.78 is 11.8. The Hall–Kier alpha value is -3.18. The quantitative estimate of drug-likeness (QED) is 0.298. The summed E-state index contributed by atoms with van der Waals surface area (Å²) in [5.41, 5.74) is 6.57. The van der Waals surface area contributed by atoms with Gasteiger partial charge >= 0.3 is 0 Å². The minimum absolute atomic E-state index is 0.174. The summed E-state index contributed by atoms with van der Waals surface area (Å²) in [6.07, 6.45) is 8.97. The minimum Gasteiger partial charge on any atom is -0.508 e. The molecular weight excluding hydrogens is 484 g/mol. The molecule has 1 fully saturated rings. The summed E-state index contributed by atoms with van der Waals surface area (Å²) in [7, 11) is 6.08. The summed E-state index contributed by atoms with van der Waals surface area (Å²) in [6.45, 7) is 3.00. The van der Waals surface area contributed by atoms with Gasteiger partial charge in [0.1, 0.15) is 23.9 Å². The lowest BCUT2D eigenvalue weighted by Crippen LogP contribution is -2.46. The lowest BCUT2D eigenvalue weighted by Gasteiger charge is -2.36. The fourth-order valence-electron chi connectivity index (χ4n) is 6.51. The largest absolute Gasteiger partial charge is 0.508 e. The van der Waals surface area contributed by atoms with Crippen molar-refractivity contribution >= 4 is 5.69 Å². The molecule has 0 heterocycles. The Morgan fingerprint density at radius 2 is 1.72 bits per heavy atom. The van der Waals surface area contributed by atoms with E-state index in [4.69, 9.17) is 9.47 Å². The van der Waals surface area contributed by atoms with Gasteiger partial charge in [-0.2, -0.15) is 0 Å². The number of hydrogen-bond acceptors (Lipinski definition) is 5. The van der Waals surface area contributed by atoms with E-state index in [9.17, 15) is 5.11 Å². The van der Waals surface area contributed by atoms with Gasteiger partial charge in [0.05, 0.1) is 12.6 Å². The van der Waals surface area contributed by atoms with Gasteiger partial charge in [-0.05, 0) is 118 Å². The first-order valence-electron chi connectivity index (χ1n) is 14.5. The minimum atomic E-state index is 0.174. The molecule has 5 heteroatoms. The number of ether oxygens (including phenoxy) is 2. The molecule has 39 heavy (non-hydrogen) atoms. The van der Waals surface area contributed by atoms with Gasteiger partial charge in [-0.1, -0.05) is 37.1 Å². The van der Waals surface area contributed by atoms with Gasteiger partial charge in [0, 0.05) is 17.8 Å². The van der Waals surface area contributed by atoms with E-state index in [1.54, 1.807) is 7.11 Å². The van der Waals surface area contributed by atoms with Crippen LogP contribution in [0.25, 0.3) is 0 Å². The molecule has 0 bridgehead atoms. The zero-order chi connectivity index (χ0) is 27.4. The molecular formula is C34H44N2O3. The van der Waals surface area contributed by atoms with Crippen LogP contribution in [0.3, 0.4) is 0 Å². The third-order valence-corrected chi connectivity index (χ3v) is 8.98. The maximum absolute atomic E-state index is 9.88. The molecule has 0 aliphatic heterocycles. The molecule has 2 atom stereocenters. The van der Waals surface area contributed by atoms with Crippen molar-refractivity contribution in [3.05, 3.63) is 82.9 Å². The number of rotatable bonds is 10. The lowest BCUT2D eigenvalue weighted by molar-refractivity contribution is 0.0865. The summed E-state index contributed by atoms with van der Waals surface area (Å²) in [5, 5.41) is 13.7. The van der Waals surface area contributed by atoms with E-state index in [-0.39, 0.29) is 11.6 Å². The second-order valence-corrected chi connectivity index (χ2v) is 11.9. The van der Waals surface area contributed by atoms with Crippen molar-refractivity contribution in [1.82, 2.24) is 4.90 Å². The SMILES string of the molecule is COc1ccc(C2CCc3cc(O)ccc3C2)c(NC(C)Cc2ccc(OCC3(N(C)C)CCCC3)cc2)c1. The molecule has 3 aromatic carbocycles. The number of anilines is 1. The fraction of sp³-hybridized carbons (Fsp3) is 0.471. The van der Waals surface area contributed by atoms with Crippen LogP contribution in [0.2, 0.25) is 0 Å². The number of methoxy groups -OCH3 is 1. The molecule has 5 nitrogen and oxygen atoms in total. The number of phenols is 1. The topological polar surface area (TPSA) is 54.0 Å². The van der Waals surface area contributed by atoms with Crippen LogP contribution in [-0.4, -0.2) is 49.4 Å². The van der Waals surface area contributed by atoms with Gasteiger partial charge in [0.25, 0.3) is 0 Å². The number of nitrogens with zero attached hydrogens (tertiary/aromatic N) is 1. The molecule has 0 spiro atoms. The normalized spacial score (nSPS) is 18.9. The number of hydrogen-bond donors (Lipinski definition) is 2. The van der Waals surface area contributed by atoms with E-state index in [0.717, 1.165) is 49.5 Å². The van der Waals surface area contributed by atoms with Gasteiger partial charge in [-0.3, -0.25) is 0 Å². The first-order valence-corrected chi connectivity index (χ1v) is 14.5. The monoisotopic (exact) mass is 528 g/mol. The Morgan fingerprint density at radius 1 is 0.974 bits per heavy atom. The van der Waals surface area contributed by atoms with Crippen molar-refractivity contribution in [3.63, 3.8) is 0 Å². The highest BCUT2D eigenvalue weighted by molar-refractivity contribution is 5.58. The van der Waals surface area contributed by atoms with Crippen molar-refractivity contribution in [2.24, 2.45) is 0 Å². The van der Waals surface area contributed by atoms with E-state index in [1.807, 2.05) is 12.1 Å². The standard InChI is InChI=1S/C34H44N2O3/c1-24(19-25-7-13-30(14-8-25)39-23-34(36(2)3)17-5-6-18-34)35-33-22-31(38-4)15-16-32(33)28-10-9-27-21-29(37)12-11-26(27)20-28/h7-8,11-16,21-22,24,28,35,37H,5-6,9-10,17-20,23H2,1-4H3. The third kappa shape index (κ3) is 6.36. The predicted molar refractivity (Wildman–Crippen MR) is 159 cm³/mol. The highest BCUT2D eigenvalue weighted by atomic mass is 16.5. The molecule has 3 aromatic rings. The van der Waals surface area contributed by atoms with Crippen molar-refractivity contribution in [2.75, 3.05) is 33.1 Å². The maximum Gasteiger partial charge on any atom is 0.120 e. The molecule has 0 amide bonds. The number of aryl methyl sites for hydroxylation is 1. The Balaban J connectivity index is 1.23. The second-order valence-electron chi connectivity index (χ2n) is 11.9. The predicted octanol–water partition coefficient (Wildman–Crippen LogP) is 6.97. The van der Waals surface area contributed by atoms with Crippen molar-refractivity contribution < 1.29 is 14.6 Å². The van der Waals surface area contributed by atoms with Crippen LogP contribution in [0, 0.1) is 0 Å². The van der Waals surface area contributed by atoms with Gasteiger partial charge in [0.15, 0.2) is 0 Å². The van der Waals surface area contributed by atoms with E-state index in [0.29, 0.717) is 11.7 Å². The van der Waals surface area contributed by atoms with Crippen LogP contribution in [0.15, 0.2) is 60.7 Å². The van der Waals surface area contributed by atoms with E-state index >= 15 is 0 Å². The fourth-order valence-corrected chi connectivity index (χ4v) is 6.51. The average molecular weight is 529 g/mol. The van der Waals surface area contributed by atoms with Gasteiger partial charge in [0.2, 0.25) is 0 Å². The Labute approximate surface area is 234 Å². The van der Waals surface area contributed by atoms with Crippen LogP contribution in [-0.2, 0) is 19.3 Å². The molecule has 0 saturated heterocycles. The van der Waals surface area contributed by atoms with Crippen molar-refractivity contribution in [2.45, 2.75) is 75.8 Å². The van der Waals surface area contributed by atoms with Crippen molar-refractivity contribution in [1.29, 1.82) is 0 Å². The van der Waals surface area contributed by atoms with E-state index < -0.39 is 0 Å². The Kier molecular flexibility index (Phi) is 8.37. The van der Waals surface area contributed by atoms with Crippen LogP contribution in [0.1, 0.15) is 67.2 Å². The molecule has 208 valence electrons. The number of likely N-dealkylation sites (N-methyl/N-ethyl adjacent to an activating group) is 1.